The molecule has 0 aliphatic heterocycles. The SMILES string of the molecule is CCOC(=O)c1c(NC(=S)N(C)Cc2cn(C)nc2C)sc2c1CCCCC2. The number of thiophene rings is 1. The number of hydrogen-bond acceptors (Lipinski definition) is 5. The van der Waals surface area contributed by atoms with E-state index in [1.807, 2.05) is 43.7 Å². The van der Waals surface area contributed by atoms with Crippen molar-refractivity contribution in [3.8, 4) is 0 Å². The van der Waals surface area contributed by atoms with Crippen LogP contribution in [0, 0.1) is 6.92 Å². The predicted octanol–water partition coefficient (Wildman–Crippen LogP) is 4.06. The Bertz CT molecular complexity index is 872. The lowest BCUT2D eigenvalue weighted by atomic mass is 10.1. The summed E-state index contributed by atoms with van der Waals surface area (Å²) >= 11 is 7.27. The quantitative estimate of drug-likeness (QED) is 0.447. The molecule has 3 rings (SSSR count). The Morgan fingerprint density at radius 3 is 2.82 bits per heavy atom. The Balaban J connectivity index is 1.81. The van der Waals surface area contributed by atoms with Gasteiger partial charge in [-0.1, -0.05) is 6.42 Å². The van der Waals surface area contributed by atoms with Gasteiger partial charge in [-0.15, -0.1) is 11.3 Å². The summed E-state index contributed by atoms with van der Waals surface area (Å²) in [5, 5.41) is 9.11. The molecule has 2 heterocycles. The number of nitrogens with zero attached hydrogens (tertiary/aromatic N) is 3. The molecule has 0 spiro atoms. The van der Waals surface area contributed by atoms with E-state index in [1.165, 1.54) is 17.7 Å². The van der Waals surface area contributed by atoms with Crippen molar-refractivity contribution in [3.63, 3.8) is 0 Å². The zero-order chi connectivity index (χ0) is 20.3. The summed E-state index contributed by atoms with van der Waals surface area (Å²) in [6.07, 6.45) is 7.44. The maximum atomic E-state index is 12.7. The van der Waals surface area contributed by atoms with Crippen molar-refractivity contribution in [1.29, 1.82) is 0 Å². The minimum absolute atomic E-state index is 0.252. The van der Waals surface area contributed by atoms with Crippen molar-refractivity contribution in [3.05, 3.63) is 33.5 Å². The summed E-state index contributed by atoms with van der Waals surface area (Å²) in [5.41, 5.74) is 3.95. The summed E-state index contributed by atoms with van der Waals surface area (Å²) < 4.78 is 7.16. The zero-order valence-corrected chi connectivity index (χ0v) is 18.6. The summed E-state index contributed by atoms with van der Waals surface area (Å²) in [5.74, 6) is -0.252. The molecule has 0 unspecified atom stereocenters. The first kappa shape index (κ1) is 20.8. The van der Waals surface area contributed by atoms with Gasteiger partial charge in [-0.25, -0.2) is 4.79 Å². The number of esters is 1. The van der Waals surface area contributed by atoms with E-state index in [-0.39, 0.29) is 5.97 Å². The Kier molecular flexibility index (Phi) is 6.72. The van der Waals surface area contributed by atoms with Gasteiger partial charge in [0.15, 0.2) is 5.11 Å². The highest BCUT2D eigenvalue weighted by atomic mass is 32.1. The van der Waals surface area contributed by atoms with Crippen LogP contribution in [0.5, 0.6) is 0 Å². The van der Waals surface area contributed by atoms with Gasteiger partial charge < -0.3 is 15.0 Å². The molecule has 0 aromatic carbocycles. The molecule has 0 bridgehead atoms. The van der Waals surface area contributed by atoms with E-state index in [0.717, 1.165) is 41.1 Å². The lowest BCUT2D eigenvalue weighted by Crippen LogP contribution is -2.31. The van der Waals surface area contributed by atoms with Crippen LogP contribution >= 0.6 is 23.6 Å². The number of fused-ring (bicyclic) bond motifs is 1. The number of carbonyl (C=O) groups excluding carboxylic acids is 1. The number of nitrogens with one attached hydrogen (secondary N) is 1. The first-order valence-electron chi connectivity index (χ1n) is 9.73. The predicted molar refractivity (Wildman–Crippen MR) is 117 cm³/mol. The van der Waals surface area contributed by atoms with Crippen molar-refractivity contribution in [2.45, 2.75) is 52.5 Å². The Morgan fingerprint density at radius 2 is 2.14 bits per heavy atom. The second-order valence-corrected chi connectivity index (χ2v) is 8.68. The lowest BCUT2D eigenvalue weighted by molar-refractivity contribution is 0.0527. The van der Waals surface area contributed by atoms with Crippen molar-refractivity contribution in [2.24, 2.45) is 7.05 Å². The van der Waals surface area contributed by atoms with E-state index < -0.39 is 0 Å². The molecule has 2 aromatic heterocycles. The summed E-state index contributed by atoms with van der Waals surface area (Å²) in [6, 6.07) is 0. The number of carbonyl (C=O) groups is 1. The summed E-state index contributed by atoms with van der Waals surface area (Å²) in [4.78, 5) is 15.9. The van der Waals surface area contributed by atoms with E-state index in [2.05, 4.69) is 10.4 Å². The number of rotatable bonds is 5. The fourth-order valence-electron chi connectivity index (χ4n) is 3.57. The molecule has 1 N–H and O–H groups in total. The maximum absolute atomic E-state index is 12.7. The third-order valence-electron chi connectivity index (χ3n) is 4.99. The third kappa shape index (κ3) is 4.55. The molecule has 8 heteroatoms. The van der Waals surface area contributed by atoms with Crippen LogP contribution in [0.4, 0.5) is 5.00 Å². The van der Waals surface area contributed by atoms with Crippen LogP contribution in [0.25, 0.3) is 0 Å². The van der Waals surface area contributed by atoms with Crippen molar-refractivity contribution < 1.29 is 9.53 Å². The van der Waals surface area contributed by atoms with Crippen LogP contribution in [0.2, 0.25) is 0 Å². The average Bonchev–Trinajstić information content (AvgIpc) is 3.03. The Morgan fingerprint density at radius 1 is 1.39 bits per heavy atom. The van der Waals surface area contributed by atoms with Crippen LogP contribution in [0.3, 0.4) is 0 Å². The highest BCUT2D eigenvalue weighted by molar-refractivity contribution is 7.80. The highest BCUT2D eigenvalue weighted by Gasteiger charge is 2.26. The summed E-state index contributed by atoms with van der Waals surface area (Å²) in [6.45, 7) is 4.86. The molecule has 152 valence electrons. The molecule has 0 radical (unpaired) electrons. The molecule has 28 heavy (non-hydrogen) atoms. The number of hydrogen-bond donors (Lipinski definition) is 1. The molecule has 2 aromatic rings. The number of thiocarbonyl (C=S) groups is 1. The molecular weight excluding hydrogens is 392 g/mol. The number of aromatic nitrogens is 2. The largest absolute Gasteiger partial charge is 0.462 e. The third-order valence-corrected chi connectivity index (χ3v) is 6.61. The van der Waals surface area contributed by atoms with Gasteiger partial charge in [0.2, 0.25) is 0 Å². The number of aryl methyl sites for hydroxylation is 3. The summed E-state index contributed by atoms with van der Waals surface area (Å²) in [7, 11) is 3.86. The van der Waals surface area contributed by atoms with Gasteiger partial charge in [0.1, 0.15) is 5.00 Å². The first-order chi connectivity index (χ1) is 13.4. The van der Waals surface area contributed by atoms with Gasteiger partial charge in [-0.2, -0.15) is 5.10 Å². The molecule has 0 atom stereocenters. The number of anilines is 1. The van der Waals surface area contributed by atoms with E-state index in [1.54, 1.807) is 11.3 Å². The smallest absolute Gasteiger partial charge is 0.341 e. The van der Waals surface area contributed by atoms with Crippen LogP contribution in [-0.4, -0.2) is 39.4 Å². The molecule has 0 amide bonds. The molecule has 6 nitrogen and oxygen atoms in total. The van der Waals surface area contributed by atoms with Crippen molar-refractivity contribution >= 4 is 39.6 Å². The van der Waals surface area contributed by atoms with E-state index in [9.17, 15) is 4.79 Å². The molecule has 1 aliphatic carbocycles. The molecular formula is C20H28N4O2S2. The van der Waals surface area contributed by atoms with Crippen molar-refractivity contribution in [1.82, 2.24) is 14.7 Å². The van der Waals surface area contributed by atoms with Gasteiger partial charge in [0.25, 0.3) is 0 Å². The van der Waals surface area contributed by atoms with Crippen LogP contribution in [0.1, 0.15) is 58.2 Å². The topological polar surface area (TPSA) is 59.4 Å². The Hall–Kier alpha value is -1.93. The van der Waals surface area contributed by atoms with E-state index in [4.69, 9.17) is 17.0 Å². The second kappa shape index (κ2) is 9.05. The fraction of sp³-hybridized carbons (Fsp3) is 0.550. The average molecular weight is 421 g/mol. The van der Waals surface area contributed by atoms with Gasteiger partial charge in [-0.3, -0.25) is 4.68 Å². The van der Waals surface area contributed by atoms with Gasteiger partial charge >= 0.3 is 5.97 Å². The standard InChI is InChI=1S/C20H28N4O2S2/c1-5-26-19(25)17-15-9-7-6-8-10-16(15)28-18(17)21-20(27)23(3)11-14-12-24(4)22-13(14)2/h12H,5-11H2,1-4H3,(H,21,27). The number of ether oxygens (including phenoxy) is 1. The van der Waals surface area contributed by atoms with Gasteiger partial charge in [0.05, 0.1) is 17.9 Å². The zero-order valence-electron chi connectivity index (χ0n) is 17.0. The monoisotopic (exact) mass is 420 g/mol. The lowest BCUT2D eigenvalue weighted by Gasteiger charge is -2.20. The van der Waals surface area contributed by atoms with E-state index in [0.29, 0.717) is 23.8 Å². The normalized spacial score (nSPS) is 13.6. The van der Waals surface area contributed by atoms with Crippen LogP contribution in [0.15, 0.2) is 6.20 Å². The minimum atomic E-state index is -0.252. The minimum Gasteiger partial charge on any atom is -0.462 e. The van der Waals surface area contributed by atoms with E-state index >= 15 is 0 Å². The van der Waals surface area contributed by atoms with Gasteiger partial charge in [0, 0.05) is 37.3 Å². The highest BCUT2D eigenvalue weighted by Crippen LogP contribution is 2.38. The van der Waals surface area contributed by atoms with Crippen LogP contribution < -0.4 is 5.32 Å². The fourth-order valence-corrected chi connectivity index (χ4v) is 5.08. The maximum Gasteiger partial charge on any atom is 0.341 e. The van der Waals surface area contributed by atoms with Gasteiger partial charge in [-0.05, 0) is 57.3 Å². The molecule has 0 saturated carbocycles. The second-order valence-electron chi connectivity index (χ2n) is 7.19. The first-order valence-corrected chi connectivity index (χ1v) is 11.0. The Labute approximate surface area is 175 Å². The molecule has 0 fully saturated rings. The van der Waals surface area contributed by atoms with Crippen molar-refractivity contribution in [2.75, 3.05) is 19.0 Å². The molecule has 1 aliphatic rings. The van der Waals surface area contributed by atoms with Crippen LogP contribution in [-0.2, 0) is 31.2 Å². The molecule has 0 saturated heterocycles.